The number of anilines is 1. The minimum atomic E-state index is -4.78. The molecule has 1 unspecified atom stereocenters. The summed E-state index contributed by atoms with van der Waals surface area (Å²) in [5.41, 5.74) is 3.36. The number of rotatable bonds is 6. The maximum absolute atomic E-state index is 12.1. The molecule has 1 atom stereocenters. The number of nitrogens with zero attached hydrogens (tertiary/aromatic N) is 3. The van der Waals surface area contributed by atoms with Crippen molar-refractivity contribution in [3.63, 3.8) is 0 Å². The van der Waals surface area contributed by atoms with Crippen LogP contribution < -0.4 is 5.43 Å². The molecule has 2 heterocycles. The molecule has 1 aliphatic heterocycles. The number of nitrogens with one attached hydrogen (secondary N) is 1. The van der Waals surface area contributed by atoms with Crippen LogP contribution in [-0.4, -0.2) is 52.3 Å². The van der Waals surface area contributed by atoms with Crippen molar-refractivity contribution in [3.05, 3.63) is 59.8 Å². The minimum Gasteiger partial charge on any atom is -0.325 e. The summed E-state index contributed by atoms with van der Waals surface area (Å²) in [6, 6.07) is 11.1. The highest BCUT2D eigenvalue weighted by Crippen LogP contribution is 2.20. The Morgan fingerprint density at radius 2 is 1.97 bits per heavy atom. The number of hydroxylamine groups is 2. The molecular formula is C17H14N4O7S. The molecule has 12 heteroatoms. The fraction of sp³-hybridized carbons (Fsp3) is 0.118. The lowest BCUT2D eigenvalue weighted by molar-refractivity contribution is -0.172. The Balaban J connectivity index is 1.62. The number of carbonyl (C=O) groups is 3. The lowest BCUT2D eigenvalue weighted by atomic mass is 10.1. The van der Waals surface area contributed by atoms with E-state index >= 15 is 0 Å². The summed E-state index contributed by atoms with van der Waals surface area (Å²) in [6.07, 6.45) is 2.28. The Labute approximate surface area is 164 Å². The lowest BCUT2D eigenvalue weighted by Gasteiger charge is -2.13. The molecule has 2 N–H and O–H groups in total. The second kappa shape index (κ2) is 8.16. The van der Waals surface area contributed by atoms with Gasteiger partial charge in [-0.05, 0) is 29.8 Å². The maximum Gasteiger partial charge on any atom is 0.363 e. The summed E-state index contributed by atoms with van der Waals surface area (Å²) in [7, 11) is -4.78. The van der Waals surface area contributed by atoms with Crippen molar-refractivity contribution in [3.8, 4) is 0 Å². The van der Waals surface area contributed by atoms with Crippen molar-refractivity contribution in [1.82, 2.24) is 10.0 Å². The molecule has 3 rings (SSSR count). The summed E-state index contributed by atoms with van der Waals surface area (Å²) >= 11 is 0. The topological polar surface area (TPSA) is 155 Å². The van der Waals surface area contributed by atoms with E-state index in [0.29, 0.717) is 11.4 Å². The van der Waals surface area contributed by atoms with Gasteiger partial charge in [0.2, 0.25) is 0 Å². The summed E-state index contributed by atoms with van der Waals surface area (Å²) in [4.78, 5) is 44.4. The van der Waals surface area contributed by atoms with E-state index in [-0.39, 0.29) is 10.6 Å². The highest BCUT2D eigenvalue weighted by molar-refractivity contribution is 7.87. The third kappa shape index (κ3) is 4.80. The Hall–Kier alpha value is -3.64. The fourth-order valence-corrected chi connectivity index (χ4v) is 3.06. The van der Waals surface area contributed by atoms with E-state index in [1.165, 1.54) is 30.5 Å². The van der Waals surface area contributed by atoms with E-state index in [4.69, 9.17) is 9.39 Å². The van der Waals surface area contributed by atoms with Crippen LogP contribution >= 0.6 is 0 Å². The van der Waals surface area contributed by atoms with Gasteiger partial charge in [0.05, 0.1) is 18.2 Å². The van der Waals surface area contributed by atoms with Crippen LogP contribution in [0.5, 0.6) is 0 Å². The number of pyridine rings is 1. The smallest absolute Gasteiger partial charge is 0.325 e. The minimum absolute atomic E-state index is 0.00995. The molecule has 1 aromatic heterocycles. The highest BCUT2D eigenvalue weighted by atomic mass is 32.2. The van der Waals surface area contributed by atoms with E-state index in [0.717, 1.165) is 0 Å². The van der Waals surface area contributed by atoms with Crippen LogP contribution in [0.2, 0.25) is 0 Å². The Morgan fingerprint density at radius 3 is 2.55 bits per heavy atom. The fourth-order valence-electron chi connectivity index (χ4n) is 2.35. The van der Waals surface area contributed by atoms with Crippen LogP contribution in [-0.2, 0) is 24.5 Å². The Bertz CT molecular complexity index is 1070. The number of imide groups is 1. The first-order valence-electron chi connectivity index (χ1n) is 8.11. The molecular weight excluding hydrogens is 404 g/mol. The number of hydrogen-bond donors (Lipinski definition) is 2. The van der Waals surface area contributed by atoms with Crippen LogP contribution in [0.25, 0.3) is 0 Å². The van der Waals surface area contributed by atoms with E-state index in [1.807, 2.05) is 0 Å². The second-order valence-electron chi connectivity index (χ2n) is 5.82. The molecule has 1 saturated heterocycles. The van der Waals surface area contributed by atoms with Crippen molar-refractivity contribution in [2.45, 2.75) is 11.7 Å². The van der Waals surface area contributed by atoms with Gasteiger partial charge in [-0.2, -0.15) is 13.5 Å². The van der Waals surface area contributed by atoms with Crippen LogP contribution in [0.1, 0.15) is 22.3 Å². The predicted molar refractivity (Wildman–Crippen MR) is 99.1 cm³/mol. The molecule has 0 aliphatic carbocycles. The van der Waals surface area contributed by atoms with Crippen LogP contribution in [0, 0.1) is 0 Å². The monoisotopic (exact) mass is 418 g/mol. The summed E-state index contributed by atoms with van der Waals surface area (Å²) in [5, 5.41) is 2.06. The molecule has 0 saturated carbocycles. The Kier molecular flexibility index (Phi) is 5.66. The van der Waals surface area contributed by atoms with Gasteiger partial charge in [0.1, 0.15) is 5.82 Å². The van der Waals surface area contributed by atoms with Crippen molar-refractivity contribution in [2.75, 3.05) is 5.43 Å². The molecule has 0 spiro atoms. The normalized spacial score (nSPS) is 17.0. The van der Waals surface area contributed by atoms with Gasteiger partial charge in [-0.1, -0.05) is 18.2 Å². The number of benzene rings is 1. The zero-order chi connectivity index (χ0) is 21.0. The van der Waals surface area contributed by atoms with Crippen LogP contribution in [0.4, 0.5) is 5.82 Å². The Morgan fingerprint density at radius 1 is 1.24 bits per heavy atom. The maximum atomic E-state index is 12.1. The molecule has 29 heavy (non-hydrogen) atoms. The molecule has 2 amide bonds. The van der Waals surface area contributed by atoms with Gasteiger partial charge in [-0.3, -0.25) is 19.6 Å². The van der Waals surface area contributed by atoms with Gasteiger partial charge in [0.15, 0.2) is 5.25 Å². The van der Waals surface area contributed by atoms with Gasteiger partial charge in [0, 0.05) is 6.20 Å². The summed E-state index contributed by atoms with van der Waals surface area (Å²) in [5.74, 6) is -2.87. The average molecular weight is 418 g/mol. The molecule has 0 radical (unpaired) electrons. The molecule has 1 fully saturated rings. The summed E-state index contributed by atoms with van der Waals surface area (Å²) in [6.45, 7) is 0. The van der Waals surface area contributed by atoms with E-state index in [1.54, 1.807) is 24.4 Å². The first-order chi connectivity index (χ1) is 13.8. The van der Waals surface area contributed by atoms with Gasteiger partial charge in [0.25, 0.3) is 21.9 Å². The van der Waals surface area contributed by atoms with E-state index in [2.05, 4.69) is 15.5 Å². The number of aromatic nitrogens is 1. The largest absolute Gasteiger partial charge is 0.363 e. The van der Waals surface area contributed by atoms with Gasteiger partial charge < -0.3 is 4.84 Å². The third-order valence-electron chi connectivity index (χ3n) is 3.80. The number of hydrazone groups is 1. The van der Waals surface area contributed by atoms with Crippen molar-refractivity contribution in [1.29, 1.82) is 0 Å². The van der Waals surface area contributed by atoms with Gasteiger partial charge in [-0.15, -0.1) is 5.06 Å². The molecule has 1 aliphatic rings. The SMILES string of the molecule is O=C(ON1C(=O)CC(S(=O)(=O)O)C1=O)c1ccc(/C=N/Nc2ccccn2)cc1. The second-order valence-corrected chi connectivity index (χ2v) is 7.42. The molecule has 11 nitrogen and oxygen atoms in total. The van der Waals surface area contributed by atoms with Gasteiger partial charge in [-0.25, -0.2) is 9.78 Å². The zero-order valence-corrected chi connectivity index (χ0v) is 15.4. The van der Waals surface area contributed by atoms with Crippen molar-refractivity contribution >= 4 is 39.9 Å². The molecule has 0 bridgehead atoms. The van der Waals surface area contributed by atoms with E-state index in [9.17, 15) is 22.8 Å². The van der Waals surface area contributed by atoms with E-state index < -0.39 is 39.6 Å². The zero-order valence-electron chi connectivity index (χ0n) is 14.6. The number of hydrogen-bond acceptors (Lipinski definition) is 9. The first-order valence-corrected chi connectivity index (χ1v) is 9.61. The van der Waals surface area contributed by atoms with Crippen LogP contribution in [0.15, 0.2) is 53.8 Å². The first kappa shape index (κ1) is 20.1. The molecule has 150 valence electrons. The predicted octanol–water partition coefficient (Wildman–Crippen LogP) is 0.615. The quantitative estimate of drug-likeness (QED) is 0.297. The molecule has 1 aromatic carbocycles. The number of carbonyl (C=O) groups excluding carboxylic acids is 3. The number of amides is 2. The van der Waals surface area contributed by atoms with Crippen LogP contribution in [0.3, 0.4) is 0 Å². The molecule has 2 aromatic rings. The van der Waals surface area contributed by atoms with Crippen molar-refractivity contribution in [2.24, 2.45) is 5.10 Å². The average Bonchev–Trinajstić information content (AvgIpc) is 2.98. The lowest BCUT2D eigenvalue weighted by Crippen LogP contribution is -2.36. The third-order valence-corrected chi connectivity index (χ3v) is 4.89. The van der Waals surface area contributed by atoms with Crippen molar-refractivity contribution < 1.29 is 32.2 Å². The summed E-state index contributed by atoms with van der Waals surface area (Å²) < 4.78 is 31.2. The van der Waals surface area contributed by atoms with Gasteiger partial charge >= 0.3 is 5.97 Å². The standard InChI is InChI=1S/C17H14N4O7S/c22-15-9-13(29(25,26)27)16(23)21(15)28-17(24)12-6-4-11(5-7-12)10-19-20-14-3-1-2-8-18-14/h1-8,10,13H,9H2,(H,18,20)(H,25,26,27)/b19-10+. The highest BCUT2D eigenvalue weighted by Gasteiger charge is 2.48.